The highest BCUT2D eigenvalue weighted by atomic mass is 32.1. The Morgan fingerprint density at radius 1 is 1.10 bits per heavy atom. The number of amides is 1. The highest BCUT2D eigenvalue weighted by molar-refractivity contribution is 7.20. The van der Waals surface area contributed by atoms with Crippen molar-refractivity contribution in [3.8, 4) is 5.13 Å². The van der Waals surface area contributed by atoms with Gasteiger partial charge in [-0.3, -0.25) is 4.79 Å². The molecule has 0 radical (unpaired) electrons. The van der Waals surface area contributed by atoms with Crippen molar-refractivity contribution in [1.82, 2.24) is 14.8 Å². The lowest BCUT2D eigenvalue weighted by molar-refractivity contribution is -0.137. The maximum absolute atomic E-state index is 13.0. The standard InChI is InChI=1S/C21H17F3N4OS/c1-11-7-12(2)18-16(8-11)30-20(26-18)28-17(9-13(3)27-28)25-19(29)14-5-4-6-15(10-14)21(22,23)24/h4-10H,1-3H3,(H,25,29). The number of carbonyl (C=O) groups is 1. The van der Waals surface area contributed by atoms with Crippen LogP contribution in [-0.4, -0.2) is 20.7 Å². The summed E-state index contributed by atoms with van der Waals surface area (Å²) in [5, 5.41) is 7.62. The van der Waals surface area contributed by atoms with Crippen LogP contribution in [0.15, 0.2) is 42.5 Å². The first-order valence-corrected chi connectivity index (χ1v) is 9.87. The molecule has 1 amide bonds. The Morgan fingerprint density at radius 2 is 1.87 bits per heavy atom. The van der Waals surface area contributed by atoms with Crippen LogP contribution in [-0.2, 0) is 6.18 Å². The van der Waals surface area contributed by atoms with Crippen molar-refractivity contribution in [3.63, 3.8) is 0 Å². The Morgan fingerprint density at radius 3 is 2.60 bits per heavy atom. The van der Waals surface area contributed by atoms with E-state index in [9.17, 15) is 18.0 Å². The Balaban J connectivity index is 1.69. The van der Waals surface area contributed by atoms with Crippen LogP contribution in [0.1, 0.15) is 32.7 Å². The van der Waals surface area contributed by atoms with E-state index in [0.29, 0.717) is 16.6 Å². The molecule has 154 valence electrons. The summed E-state index contributed by atoms with van der Waals surface area (Å²) in [4.78, 5) is 17.3. The van der Waals surface area contributed by atoms with Gasteiger partial charge in [-0.05, 0) is 56.2 Å². The van der Waals surface area contributed by atoms with Gasteiger partial charge >= 0.3 is 6.18 Å². The first-order chi connectivity index (χ1) is 14.1. The molecule has 4 rings (SSSR count). The van der Waals surface area contributed by atoms with E-state index in [-0.39, 0.29) is 5.56 Å². The van der Waals surface area contributed by atoms with Crippen molar-refractivity contribution in [3.05, 3.63) is 70.4 Å². The van der Waals surface area contributed by atoms with E-state index in [1.54, 1.807) is 13.0 Å². The molecule has 0 aliphatic heterocycles. The predicted octanol–water partition coefficient (Wildman–Crippen LogP) is 5.68. The minimum Gasteiger partial charge on any atom is -0.306 e. The predicted molar refractivity (Wildman–Crippen MR) is 110 cm³/mol. The van der Waals surface area contributed by atoms with Crippen molar-refractivity contribution in [2.24, 2.45) is 0 Å². The van der Waals surface area contributed by atoms with Gasteiger partial charge in [-0.1, -0.05) is 23.5 Å². The highest BCUT2D eigenvalue weighted by Crippen LogP contribution is 2.31. The molecule has 30 heavy (non-hydrogen) atoms. The number of hydrogen-bond acceptors (Lipinski definition) is 4. The van der Waals surface area contributed by atoms with E-state index in [2.05, 4.69) is 15.4 Å². The molecule has 0 saturated carbocycles. The average Bonchev–Trinajstić information content (AvgIpc) is 3.24. The number of halogens is 3. The van der Waals surface area contributed by atoms with Crippen LogP contribution in [0.5, 0.6) is 0 Å². The van der Waals surface area contributed by atoms with Crippen LogP contribution in [0.4, 0.5) is 19.0 Å². The number of benzene rings is 2. The highest BCUT2D eigenvalue weighted by Gasteiger charge is 2.31. The molecule has 2 aromatic carbocycles. The molecule has 4 aromatic rings. The third-order valence-corrected chi connectivity index (χ3v) is 5.50. The number of alkyl halides is 3. The molecule has 1 N–H and O–H groups in total. The minimum absolute atomic E-state index is 0.0917. The van der Waals surface area contributed by atoms with Gasteiger partial charge in [0, 0.05) is 11.6 Å². The number of aryl methyl sites for hydroxylation is 3. The Bertz CT molecular complexity index is 1270. The Hall–Kier alpha value is -3.20. The summed E-state index contributed by atoms with van der Waals surface area (Å²) in [5.41, 5.74) is 2.67. The van der Waals surface area contributed by atoms with E-state index in [1.165, 1.54) is 28.2 Å². The zero-order valence-corrected chi connectivity index (χ0v) is 17.1. The van der Waals surface area contributed by atoms with E-state index >= 15 is 0 Å². The van der Waals surface area contributed by atoms with Gasteiger partial charge in [0.25, 0.3) is 5.91 Å². The van der Waals surface area contributed by atoms with Gasteiger partial charge in [0.2, 0.25) is 5.13 Å². The SMILES string of the molecule is Cc1cc(C)c2nc(-n3nc(C)cc3NC(=O)c3cccc(C(F)(F)F)c3)sc2c1. The molecule has 0 aliphatic rings. The van der Waals surface area contributed by atoms with Gasteiger partial charge in [-0.15, -0.1) is 0 Å². The molecule has 0 aliphatic carbocycles. The normalized spacial score (nSPS) is 11.8. The van der Waals surface area contributed by atoms with Crippen molar-refractivity contribution in [1.29, 1.82) is 0 Å². The second kappa shape index (κ2) is 7.24. The third kappa shape index (κ3) is 3.80. The monoisotopic (exact) mass is 430 g/mol. The lowest BCUT2D eigenvalue weighted by Crippen LogP contribution is -2.16. The minimum atomic E-state index is -4.52. The topological polar surface area (TPSA) is 59.8 Å². The van der Waals surface area contributed by atoms with Gasteiger partial charge in [0.1, 0.15) is 5.82 Å². The number of carbonyl (C=O) groups excluding carboxylic acids is 1. The Labute approximate surface area is 174 Å². The summed E-state index contributed by atoms with van der Waals surface area (Å²) in [5.74, 6) is -0.321. The average molecular weight is 430 g/mol. The number of thiazole rings is 1. The summed E-state index contributed by atoms with van der Waals surface area (Å²) < 4.78 is 41.4. The second-order valence-corrected chi connectivity index (χ2v) is 8.05. The second-order valence-electron chi connectivity index (χ2n) is 7.04. The zero-order valence-electron chi connectivity index (χ0n) is 16.3. The number of hydrogen-bond donors (Lipinski definition) is 1. The molecule has 2 aromatic heterocycles. The first-order valence-electron chi connectivity index (χ1n) is 9.05. The smallest absolute Gasteiger partial charge is 0.306 e. The Kier molecular flexibility index (Phi) is 4.85. The van der Waals surface area contributed by atoms with Crippen LogP contribution in [0, 0.1) is 20.8 Å². The van der Waals surface area contributed by atoms with Crippen molar-refractivity contribution >= 4 is 33.3 Å². The van der Waals surface area contributed by atoms with E-state index < -0.39 is 17.6 Å². The van der Waals surface area contributed by atoms with Gasteiger partial charge in [-0.25, -0.2) is 4.98 Å². The summed E-state index contributed by atoms with van der Waals surface area (Å²) in [6, 6.07) is 10.0. The van der Waals surface area contributed by atoms with Crippen LogP contribution in [0.25, 0.3) is 15.3 Å². The summed E-state index contributed by atoms with van der Waals surface area (Å²) in [7, 11) is 0. The fourth-order valence-electron chi connectivity index (χ4n) is 3.21. The molecule has 0 saturated heterocycles. The van der Waals surface area contributed by atoms with Crippen molar-refractivity contribution < 1.29 is 18.0 Å². The molecular formula is C21H17F3N4OS. The zero-order chi connectivity index (χ0) is 21.6. The molecule has 0 fully saturated rings. The van der Waals surface area contributed by atoms with Crippen LogP contribution in [0.2, 0.25) is 0 Å². The van der Waals surface area contributed by atoms with Crippen LogP contribution < -0.4 is 5.32 Å². The van der Waals surface area contributed by atoms with Crippen LogP contribution in [0.3, 0.4) is 0 Å². The lowest BCUT2D eigenvalue weighted by Gasteiger charge is -2.09. The number of nitrogens with zero attached hydrogens (tertiary/aromatic N) is 3. The fraction of sp³-hybridized carbons (Fsp3) is 0.190. The molecule has 0 bridgehead atoms. The number of aromatic nitrogens is 3. The molecule has 9 heteroatoms. The number of anilines is 1. The van der Waals surface area contributed by atoms with Gasteiger partial charge in [0.15, 0.2) is 0 Å². The van der Waals surface area contributed by atoms with Gasteiger partial charge < -0.3 is 5.32 Å². The molecule has 2 heterocycles. The maximum atomic E-state index is 13.0. The number of fused-ring (bicyclic) bond motifs is 1. The molecule has 0 spiro atoms. The van der Waals surface area contributed by atoms with Gasteiger partial charge in [-0.2, -0.15) is 23.0 Å². The molecule has 5 nitrogen and oxygen atoms in total. The maximum Gasteiger partial charge on any atom is 0.416 e. The first kappa shape index (κ1) is 20.1. The largest absolute Gasteiger partial charge is 0.416 e. The van der Waals surface area contributed by atoms with Crippen molar-refractivity contribution in [2.75, 3.05) is 5.32 Å². The molecule has 0 unspecified atom stereocenters. The molecule has 0 atom stereocenters. The lowest BCUT2D eigenvalue weighted by atomic mass is 10.1. The fourth-order valence-corrected chi connectivity index (χ4v) is 4.32. The van der Waals surface area contributed by atoms with Crippen molar-refractivity contribution in [2.45, 2.75) is 26.9 Å². The molecular weight excluding hydrogens is 413 g/mol. The van der Waals surface area contributed by atoms with Crippen LogP contribution >= 0.6 is 11.3 Å². The summed E-state index contributed by atoms with van der Waals surface area (Å²) >= 11 is 1.42. The van der Waals surface area contributed by atoms with Gasteiger partial charge in [0.05, 0.1) is 21.5 Å². The summed E-state index contributed by atoms with van der Waals surface area (Å²) in [6.07, 6.45) is -4.52. The third-order valence-electron chi connectivity index (χ3n) is 4.52. The number of nitrogens with one attached hydrogen (secondary N) is 1. The summed E-state index contributed by atoms with van der Waals surface area (Å²) in [6.45, 7) is 5.74. The number of rotatable bonds is 3. The van der Waals surface area contributed by atoms with E-state index in [4.69, 9.17) is 0 Å². The van der Waals surface area contributed by atoms with E-state index in [0.717, 1.165) is 33.5 Å². The quantitative estimate of drug-likeness (QED) is 0.455. The van der Waals surface area contributed by atoms with E-state index in [1.807, 2.05) is 26.0 Å².